The first-order valence-electron chi connectivity index (χ1n) is 14.4. The van der Waals surface area contributed by atoms with Gasteiger partial charge in [0, 0.05) is 12.3 Å². The Morgan fingerprint density at radius 3 is 2.21 bits per heavy atom. The Kier molecular flexibility index (Phi) is 4.13. The Bertz CT molecular complexity index is 923. The van der Waals surface area contributed by atoms with Gasteiger partial charge in [-0.1, -0.05) is 34.6 Å². The number of fused-ring (bicyclic) bond motifs is 4. The zero-order valence-electron chi connectivity index (χ0n) is 22.6. The molecule has 7 fully saturated rings. The van der Waals surface area contributed by atoms with Crippen LogP contribution in [0.5, 0.6) is 0 Å². The topological polar surface area (TPSA) is 58.9 Å². The van der Waals surface area contributed by atoms with Crippen LogP contribution in [-0.2, 0) is 9.47 Å². The third kappa shape index (κ3) is 2.26. The Hall–Kier alpha value is -0.160. The lowest BCUT2D eigenvalue weighted by molar-refractivity contribution is -0.245. The van der Waals surface area contributed by atoms with Gasteiger partial charge in [0.25, 0.3) is 0 Å². The summed E-state index contributed by atoms with van der Waals surface area (Å²) in [7, 11) is 0. The standard InChI is InChI=1S/C30H48O4/c1-17-14-18-23(25(4,5)32)34-30(33-18)15-27(7)20-9-8-19-24(2,3)21(31)10-11-28(19)16-29(20,28)13-12-26(27,6)22(17)30/h17-23,31-32H,8-16H2,1-7H3/t17-,18-,19+,20+,21+,22-,23+,26-,27+,28-,29+,30-/m1/s1. The van der Waals surface area contributed by atoms with E-state index in [1.807, 2.05) is 13.8 Å². The van der Waals surface area contributed by atoms with E-state index in [2.05, 4.69) is 34.6 Å². The van der Waals surface area contributed by atoms with Crippen molar-refractivity contribution in [2.45, 2.75) is 136 Å². The molecule has 3 spiro atoms. The van der Waals surface area contributed by atoms with E-state index in [1.54, 1.807) is 0 Å². The average Bonchev–Trinajstić information content (AvgIpc) is 3.22. The molecule has 12 atom stereocenters. The van der Waals surface area contributed by atoms with Crippen LogP contribution in [-0.4, -0.2) is 39.9 Å². The van der Waals surface area contributed by atoms with Crippen LogP contribution in [0, 0.1) is 50.7 Å². The van der Waals surface area contributed by atoms with Gasteiger partial charge < -0.3 is 19.7 Å². The predicted octanol–water partition coefficient (Wildman–Crippen LogP) is 5.69. The second kappa shape index (κ2) is 6.11. The fourth-order valence-electron chi connectivity index (χ4n) is 12.7. The van der Waals surface area contributed by atoms with Crippen molar-refractivity contribution in [2.24, 2.45) is 50.7 Å². The van der Waals surface area contributed by atoms with Gasteiger partial charge in [0.15, 0.2) is 5.79 Å². The highest BCUT2D eigenvalue weighted by molar-refractivity contribution is 5.32. The van der Waals surface area contributed by atoms with Crippen LogP contribution in [0.15, 0.2) is 0 Å². The highest BCUT2D eigenvalue weighted by Gasteiger charge is 2.85. The summed E-state index contributed by atoms with van der Waals surface area (Å²) in [5, 5.41) is 21.9. The first kappa shape index (κ1) is 23.0. The van der Waals surface area contributed by atoms with E-state index < -0.39 is 11.4 Å². The van der Waals surface area contributed by atoms with E-state index in [1.165, 1.54) is 38.5 Å². The second-order valence-electron chi connectivity index (χ2n) is 15.9. The normalized spacial score (nSPS) is 63.3. The molecule has 2 aliphatic heterocycles. The molecule has 0 amide bonds. The molecule has 192 valence electrons. The molecule has 2 bridgehead atoms. The number of rotatable bonds is 1. The van der Waals surface area contributed by atoms with Gasteiger partial charge in [0.1, 0.15) is 6.10 Å². The van der Waals surface area contributed by atoms with Crippen LogP contribution in [0.1, 0.15) is 106 Å². The first-order chi connectivity index (χ1) is 15.7. The van der Waals surface area contributed by atoms with Crippen molar-refractivity contribution in [2.75, 3.05) is 0 Å². The van der Waals surface area contributed by atoms with Crippen molar-refractivity contribution < 1.29 is 19.7 Å². The molecule has 2 saturated heterocycles. The molecule has 2 heterocycles. The molecule has 7 rings (SSSR count). The van der Waals surface area contributed by atoms with Crippen molar-refractivity contribution in [1.82, 2.24) is 0 Å². The van der Waals surface area contributed by atoms with E-state index >= 15 is 0 Å². The van der Waals surface area contributed by atoms with Crippen molar-refractivity contribution in [3.8, 4) is 0 Å². The van der Waals surface area contributed by atoms with Gasteiger partial charge in [0.2, 0.25) is 0 Å². The molecule has 5 aliphatic carbocycles. The van der Waals surface area contributed by atoms with Crippen LogP contribution in [0.4, 0.5) is 0 Å². The van der Waals surface area contributed by atoms with Crippen LogP contribution < -0.4 is 0 Å². The smallest absolute Gasteiger partial charge is 0.173 e. The number of aliphatic hydroxyl groups excluding tert-OH is 1. The summed E-state index contributed by atoms with van der Waals surface area (Å²) >= 11 is 0. The van der Waals surface area contributed by atoms with Crippen molar-refractivity contribution in [3.63, 3.8) is 0 Å². The molecule has 0 unspecified atom stereocenters. The molecule has 2 N–H and O–H groups in total. The van der Waals surface area contributed by atoms with E-state index in [4.69, 9.17) is 9.47 Å². The maximum atomic E-state index is 11.0. The molecule has 34 heavy (non-hydrogen) atoms. The lowest BCUT2D eigenvalue weighted by Gasteiger charge is -2.63. The number of aliphatic hydroxyl groups is 2. The summed E-state index contributed by atoms with van der Waals surface area (Å²) in [4.78, 5) is 0. The predicted molar refractivity (Wildman–Crippen MR) is 131 cm³/mol. The zero-order valence-corrected chi connectivity index (χ0v) is 22.6. The molecule has 5 saturated carbocycles. The van der Waals surface area contributed by atoms with Gasteiger partial charge in [-0.3, -0.25) is 0 Å². The second-order valence-corrected chi connectivity index (χ2v) is 15.9. The van der Waals surface area contributed by atoms with E-state index in [9.17, 15) is 10.2 Å². The molecular formula is C30H48O4. The van der Waals surface area contributed by atoms with Crippen LogP contribution >= 0.6 is 0 Å². The summed E-state index contributed by atoms with van der Waals surface area (Å²) in [6.07, 6.45) is 10.4. The molecular weight excluding hydrogens is 424 g/mol. The van der Waals surface area contributed by atoms with E-state index in [0.29, 0.717) is 28.6 Å². The lowest BCUT2D eigenvalue weighted by atomic mass is 9.41. The van der Waals surface area contributed by atoms with Crippen LogP contribution in [0.25, 0.3) is 0 Å². The van der Waals surface area contributed by atoms with Gasteiger partial charge >= 0.3 is 0 Å². The third-order valence-corrected chi connectivity index (χ3v) is 14.0. The zero-order chi connectivity index (χ0) is 24.3. The minimum absolute atomic E-state index is 0.0104. The molecule has 0 radical (unpaired) electrons. The minimum Gasteiger partial charge on any atom is -0.393 e. The van der Waals surface area contributed by atoms with Crippen molar-refractivity contribution in [1.29, 1.82) is 0 Å². The number of ether oxygens (including phenoxy) is 2. The Labute approximate surface area is 206 Å². The third-order valence-electron chi connectivity index (χ3n) is 14.0. The van der Waals surface area contributed by atoms with Crippen molar-refractivity contribution in [3.05, 3.63) is 0 Å². The van der Waals surface area contributed by atoms with Gasteiger partial charge in [-0.15, -0.1) is 0 Å². The monoisotopic (exact) mass is 472 g/mol. The Morgan fingerprint density at radius 1 is 0.824 bits per heavy atom. The van der Waals surface area contributed by atoms with Crippen LogP contribution in [0.2, 0.25) is 0 Å². The summed E-state index contributed by atoms with van der Waals surface area (Å²) < 4.78 is 13.8. The highest BCUT2D eigenvalue weighted by Crippen LogP contribution is 2.90. The molecule has 0 aromatic rings. The Morgan fingerprint density at radius 2 is 1.50 bits per heavy atom. The fraction of sp³-hybridized carbons (Fsp3) is 1.00. The quantitative estimate of drug-likeness (QED) is 0.515. The minimum atomic E-state index is -0.882. The maximum absolute atomic E-state index is 11.0. The molecule has 0 aromatic carbocycles. The fourth-order valence-corrected chi connectivity index (χ4v) is 12.7. The Balaban J connectivity index is 1.29. The molecule has 4 heteroatoms. The summed E-state index contributed by atoms with van der Waals surface area (Å²) in [5.41, 5.74) is 0.477. The number of hydrogen-bond donors (Lipinski definition) is 2. The highest BCUT2D eigenvalue weighted by atomic mass is 16.8. The number of hydrogen-bond acceptors (Lipinski definition) is 4. The van der Waals surface area contributed by atoms with Gasteiger partial charge in [-0.25, -0.2) is 0 Å². The summed E-state index contributed by atoms with van der Waals surface area (Å²) in [5.74, 6) is 1.82. The molecule has 0 aromatic heterocycles. The first-order valence-corrected chi connectivity index (χ1v) is 14.4. The van der Waals surface area contributed by atoms with Gasteiger partial charge in [-0.05, 0) is 110 Å². The van der Waals surface area contributed by atoms with E-state index in [0.717, 1.165) is 25.2 Å². The average molecular weight is 473 g/mol. The SMILES string of the molecule is C[C@@H]1C[C@H]2O[C@]3(C[C@@]4(C)[C@@H]5CC[C@H]6C(C)(C)[C@@H](O)CC[C@@]67C[C@@]57CC[C@]4(C)[C@@H]13)O[C@@H]2C(C)(C)O. The summed E-state index contributed by atoms with van der Waals surface area (Å²) in [6.45, 7) is 16.1. The van der Waals surface area contributed by atoms with Crippen LogP contribution in [0.3, 0.4) is 0 Å². The largest absolute Gasteiger partial charge is 0.393 e. The molecule has 4 nitrogen and oxygen atoms in total. The van der Waals surface area contributed by atoms with Crippen molar-refractivity contribution >= 4 is 0 Å². The van der Waals surface area contributed by atoms with Gasteiger partial charge in [0.05, 0.1) is 17.8 Å². The maximum Gasteiger partial charge on any atom is 0.173 e. The summed E-state index contributed by atoms with van der Waals surface area (Å²) in [6, 6.07) is 0. The molecule has 7 aliphatic rings. The van der Waals surface area contributed by atoms with Gasteiger partial charge in [-0.2, -0.15) is 0 Å². The lowest BCUT2D eigenvalue weighted by Crippen LogP contribution is -2.58. The van der Waals surface area contributed by atoms with E-state index in [-0.39, 0.29) is 34.6 Å².